The fourth-order valence-corrected chi connectivity index (χ4v) is 2.21. The topological polar surface area (TPSA) is 9.23 Å². The molecule has 0 amide bonds. The standard InChI is InChI=1S/C13H9F2IO/c1-17-13-6-10(11(15)7-12(13)16)8-3-2-4-9(14)5-8/h2-7H,1H3. The lowest BCUT2D eigenvalue weighted by molar-refractivity contribution is 0.411. The first-order valence-corrected chi connectivity index (χ1v) is 5.98. The molecular formula is C13H9F2IO. The van der Waals surface area contributed by atoms with Gasteiger partial charge in [0.25, 0.3) is 0 Å². The van der Waals surface area contributed by atoms with Gasteiger partial charge in [-0.3, -0.25) is 0 Å². The van der Waals surface area contributed by atoms with Crippen molar-refractivity contribution in [2.45, 2.75) is 0 Å². The maximum Gasteiger partial charge on any atom is 0.133 e. The Bertz CT molecular complexity index is 555. The molecule has 0 spiro atoms. The fourth-order valence-electron chi connectivity index (χ4n) is 1.56. The van der Waals surface area contributed by atoms with Crippen LogP contribution in [0, 0.1) is 15.2 Å². The van der Waals surface area contributed by atoms with E-state index in [1.165, 1.54) is 25.3 Å². The van der Waals surface area contributed by atoms with Gasteiger partial charge in [-0.1, -0.05) is 12.1 Å². The first-order chi connectivity index (χ1) is 8.11. The van der Waals surface area contributed by atoms with Crippen molar-refractivity contribution >= 4 is 22.6 Å². The minimum Gasteiger partial charge on any atom is -0.496 e. The second-order valence-electron chi connectivity index (χ2n) is 3.48. The van der Waals surface area contributed by atoms with E-state index in [2.05, 4.69) is 0 Å². The van der Waals surface area contributed by atoms with Crippen molar-refractivity contribution in [1.82, 2.24) is 0 Å². The van der Waals surface area contributed by atoms with Crippen LogP contribution in [0.1, 0.15) is 0 Å². The molecule has 0 bridgehead atoms. The summed E-state index contributed by atoms with van der Waals surface area (Å²) >= 11 is 1.99. The molecule has 2 aromatic carbocycles. The Morgan fingerprint density at radius 3 is 2.53 bits per heavy atom. The van der Waals surface area contributed by atoms with Crippen LogP contribution >= 0.6 is 22.6 Å². The largest absolute Gasteiger partial charge is 0.496 e. The van der Waals surface area contributed by atoms with Gasteiger partial charge >= 0.3 is 0 Å². The number of rotatable bonds is 2. The average molecular weight is 346 g/mol. The summed E-state index contributed by atoms with van der Waals surface area (Å²) in [6.45, 7) is 0. The van der Waals surface area contributed by atoms with Crippen LogP contribution in [0.4, 0.5) is 8.78 Å². The van der Waals surface area contributed by atoms with Gasteiger partial charge in [-0.05, 0) is 52.4 Å². The highest BCUT2D eigenvalue weighted by atomic mass is 127. The Labute approximate surface area is 112 Å². The van der Waals surface area contributed by atoms with Gasteiger partial charge in [-0.25, -0.2) is 8.78 Å². The van der Waals surface area contributed by atoms with Crippen molar-refractivity contribution in [3.05, 3.63) is 51.6 Å². The summed E-state index contributed by atoms with van der Waals surface area (Å²) < 4.78 is 32.7. The smallest absolute Gasteiger partial charge is 0.133 e. The monoisotopic (exact) mass is 346 g/mol. The van der Waals surface area contributed by atoms with E-state index in [1.54, 1.807) is 18.2 Å². The van der Waals surface area contributed by atoms with Gasteiger partial charge in [0, 0.05) is 5.56 Å². The highest BCUT2D eigenvalue weighted by Crippen LogP contribution is 2.31. The summed E-state index contributed by atoms with van der Waals surface area (Å²) in [5.74, 6) is -0.202. The van der Waals surface area contributed by atoms with E-state index in [1.807, 2.05) is 22.6 Å². The molecule has 17 heavy (non-hydrogen) atoms. The Kier molecular flexibility index (Phi) is 3.61. The molecule has 4 heteroatoms. The molecule has 0 saturated carbocycles. The second kappa shape index (κ2) is 5.00. The van der Waals surface area contributed by atoms with Crippen LogP contribution in [0.25, 0.3) is 11.1 Å². The van der Waals surface area contributed by atoms with E-state index in [0.717, 1.165) is 0 Å². The normalized spacial score (nSPS) is 10.4. The molecule has 2 rings (SSSR count). The molecule has 0 saturated heterocycles. The van der Waals surface area contributed by atoms with E-state index < -0.39 is 0 Å². The van der Waals surface area contributed by atoms with Gasteiger partial charge < -0.3 is 4.74 Å². The number of ether oxygens (including phenoxy) is 1. The maximum absolute atomic E-state index is 13.8. The molecule has 0 atom stereocenters. The Morgan fingerprint density at radius 1 is 1.12 bits per heavy atom. The third-order valence-corrected chi connectivity index (χ3v) is 3.22. The summed E-state index contributed by atoms with van der Waals surface area (Å²) in [6, 6.07) is 8.78. The molecule has 0 aliphatic rings. The Morgan fingerprint density at radius 2 is 1.88 bits per heavy atom. The molecule has 0 aliphatic carbocycles. The van der Waals surface area contributed by atoms with Gasteiger partial charge in [0.15, 0.2) is 0 Å². The predicted molar refractivity (Wildman–Crippen MR) is 71.1 cm³/mol. The Balaban J connectivity index is 2.59. The van der Waals surface area contributed by atoms with Crippen LogP contribution in [-0.4, -0.2) is 7.11 Å². The quantitative estimate of drug-likeness (QED) is 0.739. The lowest BCUT2D eigenvalue weighted by atomic mass is 10.0. The van der Waals surface area contributed by atoms with Crippen molar-refractivity contribution in [3.63, 3.8) is 0 Å². The molecule has 0 radical (unpaired) electrons. The zero-order valence-corrected chi connectivity index (χ0v) is 11.2. The van der Waals surface area contributed by atoms with Crippen LogP contribution in [0.15, 0.2) is 36.4 Å². The molecule has 88 valence electrons. The number of hydrogen-bond donors (Lipinski definition) is 0. The Hall–Kier alpha value is -1.17. The molecule has 2 aromatic rings. The van der Waals surface area contributed by atoms with Gasteiger partial charge in [0.05, 0.1) is 10.7 Å². The second-order valence-corrected chi connectivity index (χ2v) is 4.64. The lowest BCUT2D eigenvalue weighted by Crippen LogP contribution is -1.92. The minimum absolute atomic E-state index is 0.335. The SMILES string of the molecule is COc1cc(-c2cccc(F)c2)c(F)cc1I. The molecule has 0 fully saturated rings. The number of hydrogen-bond acceptors (Lipinski definition) is 1. The third-order valence-electron chi connectivity index (χ3n) is 2.38. The lowest BCUT2D eigenvalue weighted by Gasteiger charge is -2.08. The average Bonchev–Trinajstić information content (AvgIpc) is 2.29. The molecular weight excluding hydrogens is 337 g/mol. The summed E-state index contributed by atoms with van der Waals surface area (Å²) in [5, 5.41) is 0. The fraction of sp³-hybridized carbons (Fsp3) is 0.0769. The van der Waals surface area contributed by atoms with E-state index >= 15 is 0 Å². The zero-order valence-electron chi connectivity index (χ0n) is 9.01. The van der Waals surface area contributed by atoms with Gasteiger partial charge in [0.1, 0.15) is 17.4 Å². The summed E-state index contributed by atoms with van der Waals surface area (Å²) in [5.41, 5.74) is 0.832. The van der Waals surface area contributed by atoms with Gasteiger partial charge in [-0.15, -0.1) is 0 Å². The molecule has 0 unspecified atom stereocenters. The van der Waals surface area contributed by atoms with Crippen molar-refractivity contribution in [2.75, 3.05) is 7.11 Å². The highest BCUT2D eigenvalue weighted by Gasteiger charge is 2.10. The van der Waals surface area contributed by atoms with Crippen LogP contribution in [-0.2, 0) is 0 Å². The maximum atomic E-state index is 13.8. The number of halogens is 3. The number of methoxy groups -OCH3 is 1. The summed E-state index contributed by atoms with van der Waals surface area (Å²) in [6.07, 6.45) is 0. The van der Waals surface area contributed by atoms with Crippen LogP contribution in [0.2, 0.25) is 0 Å². The molecule has 0 aromatic heterocycles. The third kappa shape index (κ3) is 2.57. The van der Waals surface area contributed by atoms with E-state index in [0.29, 0.717) is 20.4 Å². The predicted octanol–water partition coefficient (Wildman–Crippen LogP) is 4.25. The molecule has 1 nitrogen and oxygen atoms in total. The van der Waals surface area contributed by atoms with Gasteiger partial charge in [-0.2, -0.15) is 0 Å². The highest BCUT2D eigenvalue weighted by molar-refractivity contribution is 14.1. The van der Waals surface area contributed by atoms with Crippen LogP contribution in [0.5, 0.6) is 5.75 Å². The van der Waals surface area contributed by atoms with Crippen molar-refractivity contribution < 1.29 is 13.5 Å². The first-order valence-electron chi connectivity index (χ1n) is 4.91. The van der Waals surface area contributed by atoms with Crippen molar-refractivity contribution in [1.29, 1.82) is 0 Å². The molecule has 0 heterocycles. The van der Waals surface area contributed by atoms with Crippen molar-refractivity contribution in [3.8, 4) is 16.9 Å². The summed E-state index contributed by atoms with van der Waals surface area (Å²) in [4.78, 5) is 0. The first kappa shape index (κ1) is 12.3. The van der Waals surface area contributed by atoms with Crippen LogP contribution < -0.4 is 4.74 Å². The van der Waals surface area contributed by atoms with E-state index in [-0.39, 0.29) is 11.6 Å². The van der Waals surface area contributed by atoms with Crippen molar-refractivity contribution in [2.24, 2.45) is 0 Å². The van der Waals surface area contributed by atoms with Crippen LogP contribution in [0.3, 0.4) is 0 Å². The minimum atomic E-state index is -0.389. The zero-order chi connectivity index (χ0) is 12.4. The van der Waals surface area contributed by atoms with Gasteiger partial charge in [0.2, 0.25) is 0 Å². The molecule has 0 N–H and O–H groups in total. The number of benzene rings is 2. The molecule has 0 aliphatic heterocycles. The van der Waals surface area contributed by atoms with E-state index in [4.69, 9.17) is 4.74 Å². The summed E-state index contributed by atoms with van der Waals surface area (Å²) in [7, 11) is 1.52. The van der Waals surface area contributed by atoms with E-state index in [9.17, 15) is 8.78 Å².